The van der Waals surface area contributed by atoms with Gasteiger partial charge in [-0.25, -0.2) is 0 Å². The molecule has 0 N–H and O–H groups in total. The van der Waals surface area contributed by atoms with Crippen LogP contribution in [0.25, 0.3) is 5.57 Å². The number of carbonyl (C=O) groups excluding carboxylic acids is 2. The van der Waals surface area contributed by atoms with Crippen LogP contribution in [-0.2, 0) is 22.6 Å². The number of hydrogen-bond donors (Lipinski definition) is 0. The number of imide groups is 1. The van der Waals surface area contributed by atoms with Crippen molar-refractivity contribution in [3.05, 3.63) is 70.9 Å². The second-order valence-corrected chi connectivity index (χ2v) is 7.15. The number of ether oxygens (including phenoxy) is 1. The van der Waals surface area contributed by atoms with Gasteiger partial charge in [0.25, 0.3) is 11.8 Å². The topological polar surface area (TPSA) is 49.9 Å². The first-order valence-corrected chi connectivity index (χ1v) is 9.70. The highest BCUT2D eigenvalue weighted by Gasteiger charge is 2.41. The summed E-state index contributed by atoms with van der Waals surface area (Å²) in [6.45, 7) is 3.78. The molecule has 0 spiro atoms. The van der Waals surface area contributed by atoms with E-state index in [9.17, 15) is 9.59 Å². The molecule has 0 atom stereocenters. The lowest BCUT2D eigenvalue weighted by Gasteiger charge is -2.31. The van der Waals surface area contributed by atoms with Crippen LogP contribution in [0, 0.1) is 0 Å². The molecule has 2 amide bonds. The van der Waals surface area contributed by atoms with Crippen molar-refractivity contribution in [1.29, 1.82) is 0 Å². The minimum Gasteiger partial charge on any atom is -0.497 e. The Hall–Kier alpha value is -3.08. The molecule has 28 heavy (non-hydrogen) atoms. The molecule has 5 heteroatoms. The Bertz CT molecular complexity index is 947. The minimum absolute atomic E-state index is 0.183. The minimum atomic E-state index is -0.203. The Balaban J connectivity index is 1.77. The largest absolute Gasteiger partial charge is 0.497 e. The zero-order valence-corrected chi connectivity index (χ0v) is 16.3. The molecule has 0 aliphatic carbocycles. The van der Waals surface area contributed by atoms with Gasteiger partial charge in [0.15, 0.2) is 0 Å². The Morgan fingerprint density at radius 3 is 2.36 bits per heavy atom. The molecular weight excluding hydrogens is 352 g/mol. The SMILES string of the molecule is CCCN1C(=O)C(c2ccc(OC)cc2)=C(N2CCc3ccccc3C2)C1=O. The molecule has 0 bridgehead atoms. The van der Waals surface area contributed by atoms with Crippen molar-refractivity contribution >= 4 is 17.4 Å². The molecule has 0 saturated carbocycles. The molecular formula is C23H24N2O3. The molecule has 2 aliphatic rings. The van der Waals surface area contributed by atoms with Crippen LogP contribution >= 0.6 is 0 Å². The van der Waals surface area contributed by atoms with Gasteiger partial charge in [-0.15, -0.1) is 0 Å². The number of methoxy groups -OCH3 is 1. The first-order chi connectivity index (χ1) is 13.6. The van der Waals surface area contributed by atoms with E-state index in [2.05, 4.69) is 17.0 Å². The third kappa shape index (κ3) is 3.07. The lowest BCUT2D eigenvalue weighted by atomic mass is 9.98. The number of rotatable bonds is 5. The van der Waals surface area contributed by atoms with Crippen LogP contribution < -0.4 is 4.74 Å². The average Bonchev–Trinajstić information content (AvgIpc) is 2.98. The molecule has 0 aromatic heterocycles. The van der Waals surface area contributed by atoms with Gasteiger partial charge in [0, 0.05) is 19.6 Å². The first-order valence-electron chi connectivity index (χ1n) is 9.70. The summed E-state index contributed by atoms with van der Waals surface area (Å²) in [4.78, 5) is 29.8. The number of amides is 2. The predicted octanol–water partition coefficient (Wildman–Crippen LogP) is 3.24. The van der Waals surface area contributed by atoms with Crippen LogP contribution in [0.4, 0.5) is 0 Å². The van der Waals surface area contributed by atoms with Crippen molar-refractivity contribution in [2.45, 2.75) is 26.3 Å². The summed E-state index contributed by atoms with van der Waals surface area (Å²) in [6.07, 6.45) is 1.61. The lowest BCUT2D eigenvalue weighted by Crippen LogP contribution is -2.37. The van der Waals surface area contributed by atoms with Crippen molar-refractivity contribution in [3.63, 3.8) is 0 Å². The normalized spacial score (nSPS) is 16.6. The molecule has 0 saturated heterocycles. The molecule has 5 nitrogen and oxygen atoms in total. The lowest BCUT2D eigenvalue weighted by molar-refractivity contribution is -0.137. The van der Waals surface area contributed by atoms with Crippen LogP contribution in [0.15, 0.2) is 54.2 Å². The Morgan fingerprint density at radius 1 is 0.964 bits per heavy atom. The highest BCUT2D eigenvalue weighted by molar-refractivity contribution is 6.35. The highest BCUT2D eigenvalue weighted by atomic mass is 16.5. The fourth-order valence-electron chi connectivity index (χ4n) is 3.99. The fraction of sp³-hybridized carbons (Fsp3) is 0.304. The second-order valence-electron chi connectivity index (χ2n) is 7.15. The van der Waals surface area contributed by atoms with Crippen molar-refractivity contribution < 1.29 is 14.3 Å². The van der Waals surface area contributed by atoms with Crippen molar-refractivity contribution in [1.82, 2.24) is 9.80 Å². The van der Waals surface area contributed by atoms with E-state index in [4.69, 9.17) is 4.74 Å². The summed E-state index contributed by atoms with van der Waals surface area (Å²) in [6, 6.07) is 15.7. The van der Waals surface area contributed by atoms with Crippen molar-refractivity contribution in [2.24, 2.45) is 0 Å². The van der Waals surface area contributed by atoms with E-state index < -0.39 is 0 Å². The monoisotopic (exact) mass is 376 g/mol. The van der Waals surface area contributed by atoms with Gasteiger partial charge in [-0.3, -0.25) is 14.5 Å². The van der Waals surface area contributed by atoms with Gasteiger partial charge in [0.2, 0.25) is 0 Å². The smallest absolute Gasteiger partial charge is 0.277 e. The van der Waals surface area contributed by atoms with E-state index in [0.29, 0.717) is 24.4 Å². The van der Waals surface area contributed by atoms with Gasteiger partial charge in [-0.05, 0) is 41.7 Å². The quantitative estimate of drug-likeness (QED) is 0.752. The summed E-state index contributed by atoms with van der Waals surface area (Å²) >= 11 is 0. The van der Waals surface area contributed by atoms with Gasteiger partial charge >= 0.3 is 0 Å². The van der Waals surface area contributed by atoms with Gasteiger partial charge in [-0.1, -0.05) is 43.3 Å². The maximum absolute atomic E-state index is 13.2. The molecule has 2 aliphatic heterocycles. The molecule has 0 fully saturated rings. The van der Waals surface area contributed by atoms with Crippen molar-refractivity contribution in [2.75, 3.05) is 20.2 Å². The summed E-state index contributed by atoms with van der Waals surface area (Å²) < 4.78 is 5.23. The maximum Gasteiger partial charge on any atom is 0.277 e. The van der Waals surface area contributed by atoms with Crippen LogP contribution in [-0.4, -0.2) is 41.8 Å². The summed E-state index contributed by atoms with van der Waals surface area (Å²) in [5, 5.41) is 0. The third-order valence-corrected chi connectivity index (χ3v) is 5.42. The number of fused-ring (bicyclic) bond motifs is 1. The number of benzene rings is 2. The van der Waals surface area contributed by atoms with Gasteiger partial charge in [0.1, 0.15) is 11.4 Å². The van der Waals surface area contributed by atoms with Gasteiger partial charge in [0.05, 0.1) is 12.7 Å². The fourth-order valence-corrected chi connectivity index (χ4v) is 3.99. The molecule has 0 radical (unpaired) electrons. The van der Waals surface area contributed by atoms with E-state index in [-0.39, 0.29) is 11.8 Å². The zero-order chi connectivity index (χ0) is 19.7. The van der Waals surface area contributed by atoms with E-state index in [1.807, 2.05) is 43.3 Å². The van der Waals surface area contributed by atoms with Crippen LogP contribution in [0.3, 0.4) is 0 Å². The standard InChI is InChI=1S/C23H24N2O3/c1-3-13-25-22(26)20(17-8-10-19(28-2)11-9-17)21(23(25)27)24-14-12-16-6-4-5-7-18(16)15-24/h4-11H,3,12-15H2,1-2H3. The van der Waals surface area contributed by atoms with Crippen LogP contribution in [0.2, 0.25) is 0 Å². The van der Waals surface area contributed by atoms with Crippen LogP contribution in [0.1, 0.15) is 30.0 Å². The molecule has 4 rings (SSSR count). The van der Waals surface area contributed by atoms with Crippen LogP contribution in [0.5, 0.6) is 5.75 Å². The van der Waals surface area contributed by atoms with Gasteiger partial charge in [-0.2, -0.15) is 0 Å². The number of nitrogens with zero attached hydrogens (tertiary/aromatic N) is 2. The summed E-state index contributed by atoms with van der Waals surface area (Å²) in [5.74, 6) is 0.336. The van der Waals surface area contributed by atoms with E-state index in [1.165, 1.54) is 16.0 Å². The number of hydrogen-bond acceptors (Lipinski definition) is 4. The highest BCUT2D eigenvalue weighted by Crippen LogP contribution is 2.35. The summed E-state index contributed by atoms with van der Waals surface area (Å²) in [5.41, 5.74) is 4.31. The second kappa shape index (κ2) is 7.50. The first kappa shape index (κ1) is 18.3. The maximum atomic E-state index is 13.2. The molecule has 0 unspecified atom stereocenters. The van der Waals surface area contributed by atoms with E-state index in [1.54, 1.807) is 7.11 Å². The number of carbonyl (C=O) groups is 2. The predicted molar refractivity (Wildman–Crippen MR) is 107 cm³/mol. The Labute approximate surface area is 165 Å². The molecule has 2 aromatic rings. The van der Waals surface area contributed by atoms with Crippen molar-refractivity contribution in [3.8, 4) is 5.75 Å². The Morgan fingerprint density at radius 2 is 1.68 bits per heavy atom. The van der Waals surface area contributed by atoms with Gasteiger partial charge < -0.3 is 9.64 Å². The van der Waals surface area contributed by atoms with E-state index in [0.717, 1.165) is 30.7 Å². The summed E-state index contributed by atoms with van der Waals surface area (Å²) in [7, 11) is 1.61. The molecule has 2 aromatic carbocycles. The Kier molecular flexibility index (Phi) is 4.90. The third-order valence-electron chi connectivity index (χ3n) is 5.42. The average molecular weight is 376 g/mol. The molecule has 2 heterocycles. The van der Waals surface area contributed by atoms with E-state index >= 15 is 0 Å². The molecule has 144 valence electrons. The zero-order valence-electron chi connectivity index (χ0n) is 16.3.